The monoisotopic (exact) mass is 1600 g/mol. The van der Waals surface area contributed by atoms with Crippen molar-refractivity contribution in [1.82, 2.24) is 20.3 Å². The van der Waals surface area contributed by atoms with Gasteiger partial charge in [-0.3, -0.25) is 40.0 Å². The molecular formula is C108H116N4O8. The second-order valence-electron chi connectivity index (χ2n) is 36.8. The van der Waals surface area contributed by atoms with Crippen LogP contribution in [0.4, 0.5) is 0 Å². The fourth-order valence-electron chi connectivity index (χ4n) is 17.2. The quantitative estimate of drug-likeness (QED) is 0.0433. The first-order valence-electron chi connectivity index (χ1n) is 42.5. The Kier molecular flexibility index (Phi) is 26.8. The smallest absolute Gasteiger partial charge is 0.258 e. The van der Waals surface area contributed by atoms with Crippen LogP contribution in [0.25, 0.3) is 44.5 Å². The molecule has 2 saturated carbocycles. The second-order valence-corrected chi connectivity index (χ2v) is 36.8. The van der Waals surface area contributed by atoms with Crippen molar-refractivity contribution in [2.45, 2.75) is 204 Å². The number of hydrogen-bond donors (Lipinski definition) is 4. The van der Waals surface area contributed by atoms with E-state index in [0.717, 1.165) is 144 Å². The maximum atomic E-state index is 15.2. The average molecular weight is 1600 g/mol. The van der Waals surface area contributed by atoms with E-state index in [9.17, 15) is 30.4 Å². The van der Waals surface area contributed by atoms with E-state index in [1.54, 1.807) is 0 Å². The van der Waals surface area contributed by atoms with Crippen LogP contribution in [0.15, 0.2) is 315 Å². The van der Waals surface area contributed by atoms with Gasteiger partial charge in [0.15, 0.2) is 0 Å². The molecule has 4 amide bonds. The van der Waals surface area contributed by atoms with Crippen molar-refractivity contribution in [2.75, 3.05) is 0 Å². The Morgan fingerprint density at radius 3 is 0.567 bits per heavy atom. The molecule has 0 bridgehead atoms. The third-order valence-electron chi connectivity index (χ3n) is 24.3. The van der Waals surface area contributed by atoms with E-state index in [1.807, 2.05) is 267 Å². The Bertz CT molecular complexity index is 4820. The van der Waals surface area contributed by atoms with E-state index in [1.165, 1.54) is 0 Å². The lowest BCUT2D eigenvalue weighted by Gasteiger charge is -2.41. The molecule has 12 aromatic carbocycles. The predicted octanol–water partition coefficient (Wildman–Crippen LogP) is 24.7. The summed E-state index contributed by atoms with van der Waals surface area (Å²) in [5, 5.41) is 52.0. The number of nitrogens with zero attached hydrogens (tertiary/aromatic N) is 4. The first-order chi connectivity index (χ1) is 57.4. The van der Waals surface area contributed by atoms with E-state index in [0.29, 0.717) is 38.5 Å². The van der Waals surface area contributed by atoms with Gasteiger partial charge in [0, 0.05) is 0 Å². The molecule has 2 aliphatic carbocycles. The van der Waals surface area contributed by atoms with Crippen LogP contribution >= 0.6 is 0 Å². The Hall–Kier alpha value is -11.6. The van der Waals surface area contributed by atoms with Crippen molar-refractivity contribution in [2.24, 2.45) is 0 Å². The molecule has 12 aromatic rings. The molecule has 0 aliphatic heterocycles. The summed E-state index contributed by atoms with van der Waals surface area (Å²) in [7, 11) is 0. The summed E-state index contributed by atoms with van der Waals surface area (Å²) in [6.45, 7) is 25.9. The zero-order valence-electron chi connectivity index (χ0n) is 71.5. The molecule has 4 atom stereocenters. The van der Waals surface area contributed by atoms with Gasteiger partial charge in [0.25, 0.3) is 23.6 Å². The summed E-state index contributed by atoms with van der Waals surface area (Å²) in [6.07, 6.45) is 4.63. The molecule has 2 aliphatic rings. The van der Waals surface area contributed by atoms with Gasteiger partial charge >= 0.3 is 0 Å². The van der Waals surface area contributed by atoms with Crippen LogP contribution in [0, 0.1) is 0 Å². The van der Waals surface area contributed by atoms with Crippen molar-refractivity contribution >= 4 is 23.6 Å². The molecule has 616 valence electrons. The number of benzene rings is 12. The van der Waals surface area contributed by atoms with E-state index >= 15 is 9.59 Å². The Labute approximate surface area is 710 Å². The number of carbonyl (C=O) groups excluding carboxylic acids is 4. The summed E-state index contributed by atoms with van der Waals surface area (Å²) in [4.78, 5) is 59.9. The largest absolute Gasteiger partial charge is 0.286 e. The van der Waals surface area contributed by atoms with Gasteiger partial charge in [0.05, 0.1) is 47.8 Å². The molecule has 12 nitrogen and oxygen atoms in total. The molecule has 2 unspecified atom stereocenters. The van der Waals surface area contributed by atoms with E-state index in [-0.39, 0.29) is 21.7 Å². The molecule has 0 heterocycles. The summed E-state index contributed by atoms with van der Waals surface area (Å²) in [5.41, 5.74) is 18.1. The molecule has 4 N–H and O–H groups in total. The van der Waals surface area contributed by atoms with Gasteiger partial charge in [-0.1, -0.05) is 424 Å². The van der Waals surface area contributed by atoms with Crippen LogP contribution in [0.1, 0.15) is 225 Å². The fraction of sp³-hybridized carbons (Fsp3) is 0.296. The number of rotatable bonds is 20. The summed E-state index contributed by atoms with van der Waals surface area (Å²) < 4.78 is 0. The lowest BCUT2D eigenvalue weighted by Crippen LogP contribution is -2.56. The molecule has 12 heteroatoms. The predicted molar refractivity (Wildman–Crippen MR) is 482 cm³/mol. The highest BCUT2D eigenvalue weighted by Gasteiger charge is 2.45. The summed E-state index contributed by atoms with van der Waals surface area (Å²) in [6, 6.07) is 101. The van der Waals surface area contributed by atoms with Crippen LogP contribution in [0.2, 0.25) is 0 Å². The molecule has 0 radical (unpaired) electrons. The third-order valence-corrected chi connectivity index (χ3v) is 24.3. The van der Waals surface area contributed by atoms with Gasteiger partial charge in [-0.2, -0.15) is 0 Å². The molecular weight excluding hydrogens is 1480 g/mol. The lowest BCUT2D eigenvalue weighted by molar-refractivity contribution is -0.213. The van der Waals surface area contributed by atoms with E-state index < -0.39 is 71.5 Å². The van der Waals surface area contributed by atoms with Gasteiger partial charge in [-0.15, -0.1) is 0 Å². The van der Waals surface area contributed by atoms with Crippen LogP contribution in [0.5, 0.6) is 0 Å². The van der Waals surface area contributed by atoms with Crippen LogP contribution in [-0.2, 0) is 40.8 Å². The molecule has 120 heavy (non-hydrogen) atoms. The minimum Gasteiger partial charge on any atom is -0.286 e. The van der Waals surface area contributed by atoms with Gasteiger partial charge in [-0.25, -0.2) is 20.3 Å². The highest BCUT2D eigenvalue weighted by atomic mass is 16.5. The van der Waals surface area contributed by atoms with Crippen LogP contribution < -0.4 is 0 Å². The number of hydroxylamine groups is 8. The second kappa shape index (κ2) is 37.3. The molecule has 14 rings (SSSR count). The van der Waals surface area contributed by atoms with Crippen molar-refractivity contribution in [3.8, 4) is 44.5 Å². The Morgan fingerprint density at radius 2 is 0.392 bits per heavy atom. The van der Waals surface area contributed by atoms with Crippen molar-refractivity contribution in [1.29, 1.82) is 0 Å². The Balaban J connectivity index is 0.000000210. The summed E-state index contributed by atoms with van der Waals surface area (Å²) >= 11 is 0. The van der Waals surface area contributed by atoms with Crippen LogP contribution in [-0.4, -0.2) is 88.9 Å². The fourth-order valence-corrected chi connectivity index (χ4v) is 17.2. The van der Waals surface area contributed by atoms with Gasteiger partial charge in [-0.05, 0) is 159 Å². The molecule has 2 fully saturated rings. The molecule has 0 saturated heterocycles. The molecule has 0 spiro atoms. The first kappa shape index (κ1) is 86.2. The number of amides is 4. The zero-order chi connectivity index (χ0) is 85.2. The standard InChI is InChI=1S/C58H50N2O4.C50H66N2O4/c61-57(55(49-31-15-27-45(37-49)41-19-5-1-6-20-41)50-32-16-28-46(38-50)42-21-7-2-8-22-42)59(63)53-35-13-14-36-54(53)60(64)58(62)56(51-33-17-29-47(39-51)43-23-9-3-10-24-43)52-34-18-30-48(40-52)44-25-11-4-12-26-44;1-47(2,3)37-25-17-33(18-26-37)43(34-19-27-38(28-20-34)48(4,5)6)45(53)51(55)41-15-13-14-16-42(41)52(56)46(54)44(35-21-29-39(30-22-35)49(7,8)9)36-23-31-40(32-24-36)50(10,11)12/h1-12,15-34,37-40,53-56,63-64H,13-14,35-36H2;17-32,41-44,55-56H,13-16H2,1-12H3/t53-,54?;41-,42?/m11/s1. The molecule has 0 aromatic heterocycles. The topological polar surface area (TPSA) is 162 Å². The lowest BCUT2D eigenvalue weighted by atomic mass is 9.81. The van der Waals surface area contributed by atoms with Crippen LogP contribution in [0.3, 0.4) is 0 Å². The van der Waals surface area contributed by atoms with Crippen molar-refractivity contribution in [3.05, 3.63) is 382 Å². The average Bonchev–Trinajstić information content (AvgIpc) is 0.780. The third kappa shape index (κ3) is 20.1. The van der Waals surface area contributed by atoms with Crippen molar-refractivity contribution in [3.63, 3.8) is 0 Å². The normalized spacial score (nSPS) is 15.8. The minimum atomic E-state index is -0.892. The SMILES string of the molecule is CC(C)(C)c1ccc(C(C(=O)N(O)C2CCCC[C@H]2N(O)C(=O)C(c2ccc(C(C)(C)C)cc2)c2ccc(C(C)(C)C)cc2)c2ccc(C(C)(C)C)cc2)cc1.O=C(C(c1cccc(-c2ccccc2)c1)c1cccc(-c2ccccc2)c1)N(O)C1CCCC[C@H]1N(O)C(=O)C(c1cccc(-c2ccccc2)c1)c1cccc(-c2ccccc2)c1. The Morgan fingerprint density at radius 1 is 0.225 bits per heavy atom. The minimum absolute atomic E-state index is 0.0665. The number of hydrogen-bond acceptors (Lipinski definition) is 8. The first-order valence-corrected chi connectivity index (χ1v) is 42.5. The highest BCUT2D eigenvalue weighted by molar-refractivity contribution is 5.91. The van der Waals surface area contributed by atoms with E-state index in [2.05, 4.69) is 132 Å². The maximum Gasteiger partial charge on any atom is 0.258 e. The van der Waals surface area contributed by atoms with Gasteiger partial charge in [0.1, 0.15) is 0 Å². The van der Waals surface area contributed by atoms with Gasteiger partial charge in [0.2, 0.25) is 0 Å². The van der Waals surface area contributed by atoms with E-state index in [4.69, 9.17) is 0 Å². The zero-order valence-corrected chi connectivity index (χ0v) is 71.5. The summed E-state index contributed by atoms with van der Waals surface area (Å²) in [5.74, 6) is -5.39. The van der Waals surface area contributed by atoms with Crippen molar-refractivity contribution < 1.29 is 40.0 Å². The maximum absolute atomic E-state index is 15.2. The van der Waals surface area contributed by atoms with Gasteiger partial charge < -0.3 is 0 Å². The highest BCUT2D eigenvalue weighted by Crippen LogP contribution is 2.42. The number of carbonyl (C=O) groups is 4.